The average Bonchev–Trinajstić information content (AvgIpc) is 2.34. The number of benzene rings is 1. The molecule has 2 N–H and O–H groups in total. The molecule has 0 unspecified atom stereocenters. The van der Waals surface area contributed by atoms with Crippen molar-refractivity contribution in [3.63, 3.8) is 0 Å². The molecule has 1 rings (SSSR count). The lowest BCUT2D eigenvalue weighted by atomic mass is 10.2. The van der Waals surface area contributed by atoms with Crippen LogP contribution in [-0.4, -0.2) is 17.7 Å². The number of unbranched alkanes of at least 4 members (excludes halogenated alkanes) is 1. The number of amides is 1. The van der Waals surface area contributed by atoms with Crippen LogP contribution in [0.15, 0.2) is 24.3 Å². The smallest absolute Gasteiger partial charge is 0.423 e. The molecule has 0 atom stereocenters. The summed E-state index contributed by atoms with van der Waals surface area (Å²) in [6.45, 7) is 2.65. The van der Waals surface area contributed by atoms with Crippen molar-refractivity contribution in [2.75, 3.05) is 11.6 Å². The zero-order chi connectivity index (χ0) is 12.7. The summed E-state index contributed by atoms with van der Waals surface area (Å²) in [7, 11) is 0. The summed E-state index contributed by atoms with van der Waals surface area (Å²) in [6.07, 6.45) is 0.777. The van der Waals surface area contributed by atoms with Gasteiger partial charge in [-0.1, -0.05) is 13.3 Å². The molecule has 0 fully saturated rings. The van der Waals surface area contributed by atoms with Crippen LogP contribution in [0.25, 0.3) is 0 Å². The number of carbonyl (C=O) groups is 1. The van der Waals surface area contributed by atoms with Crippen LogP contribution in [0.3, 0.4) is 0 Å². The average molecular weight is 233 g/mol. The Morgan fingerprint density at radius 1 is 1.47 bits per heavy atom. The van der Waals surface area contributed by atoms with Crippen LogP contribution in [0.4, 0.5) is 10.5 Å². The number of rotatable bonds is 5. The number of carboxylic acid groups (broad SMARTS) is 1. The molecule has 0 aliphatic heterocycles. The van der Waals surface area contributed by atoms with Crippen LogP contribution >= 0.6 is 0 Å². The van der Waals surface area contributed by atoms with Gasteiger partial charge in [-0.2, -0.15) is 5.26 Å². The van der Waals surface area contributed by atoms with E-state index >= 15 is 0 Å². The fourth-order valence-corrected chi connectivity index (χ4v) is 1.40. The maximum Gasteiger partial charge on any atom is 0.423 e. The Hall–Kier alpha value is -2.22. The molecule has 0 aliphatic carbocycles. The quantitative estimate of drug-likeness (QED) is 0.765. The van der Waals surface area contributed by atoms with Gasteiger partial charge in [0.05, 0.1) is 17.3 Å². The lowest BCUT2D eigenvalue weighted by Gasteiger charge is -2.23. The van der Waals surface area contributed by atoms with E-state index in [-0.39, 0.29) is 0 Å². The first-order valence-electron chi connectivity index (χ1n) is 5.44. The molecule has 5 heteroatoms. The Kier molecular flexibility index (Phi) is 4.82. The third-order valence-electron chi connectivity index (χ3n) is 2.27. The maximum absolute atomic E-state index is 10.7. The highest BCUT2D eigenvalue weighted by atomic mass is 16.4. The molecule has 0 aromatic heterocycles. The number of hydrazine groups is 1. The van der Waals surface area contributed by atoms with Crippen molar-refractivity contribution in [3.8, 4) is 6.07 Å². The topological polar surface area (TPSA) is 76.4 Å². The lowest BCUT2D eigenvalue weighted by molar-refractivity contribution is 0.193. The third-order valence-corrected chi connectivity index (χ3v) is 2.27. The van der Waals surface area contributed by atoms with Gasteiger partial charge >= 0.3 is 6.09 Å². The summed E-state index contributed by atoms with van der Waals surface area (Å²) >= 11 is 0. The van der Waals surface area contributed by atoms with E-state index in [1.807, 2.05) is 13.0 Å². The monoisotopic (exact) mass is 233 g/mol. The number of anilines is 1. The maximum atomic E-state index is 10.7. The summed E-state index contributed by atoms with van der Waals surface area (Å²) in [5.74, 6) is 0. The summed E-state index contributed by atoms with van der Waals surface area (Å²) < 4.78 is 0. The molecule has 90 valence electrons. The predicted octanol–water partition coefficient (Wildman–Crippen LogP) is 2.35. The van der Waals surface area contributed by atoms with Gasteiger partial charge in [-0.15, -0.1) is 0 Å². The van der Waals surface area contributed by atoms with Gasteiger partial charge in [0, 0.05) is 6.54 Å². The van der Waals surface area contributed by atoms with E-state index in [1.54, 1.807) is 29.3 Å². The third kappa shape index (κ3) is 4.03. The number of hydrogen-bond donors (Lipinski definition) is 2. The van der Waals surface area contributed by atoms with Gasteiger partial charge in [0.1, 0.15) is 0 Å². The van der Waals surface area contributed by atoms with Crippen LogP contribution in [0.1, 0.15) is 25.3 Å². The zero-order valence-corrected chi connectivity index (χ0v) is 9.68. The van der Waals surface area contributed by atoms with Crippen molar-refractivity contribution in [2.45, 2.75) is 19.8 Å². The first-order chi connectivity index (χ1) is 8.17. The van der Waals surface area contributed by atoms with Crippen LogP contribution in [0.5, 0.6) is 0 Å². The molecule has 0 heterocycles. The molecule has 0 saturated heterocycles. The largest absolute Gasteiger partial charge is 0.464 e. The number of nitrogens with one attached hydrogen (secondary N) is 1. The minimum atomic E-state index is -1.09. The van der Waals surface area contributed by atoms with Gasteiger partial charge in [-0.3, -0.25) is 5.01 Å². The van der Waals surface area contributed by atoms with Crippen molar-refractivity contribution < 1.29 is 9.90 Å². The summed E-state index contributed by atoms with van der Waals surface area (Å²) in [4.78, 5) is 10.7. The summed E-state index contributed by atoms with van der Waals surface area (Å²) in [5.41, 5.74) is 3.63. The van der Waals surface area contributed by atoms with E-state index in [4.69, 9.17) is 10.4 Å². The van der Waals surface area contributed by atoms with Gasteiger partial charge in [-0.25, -0.2) is 10.2 Å². The van der Waals surface area contributed by atoms with Gasteiger partial charge in [0.25, 0.3) is 0 Å². The molecule has 0 bridgehead atoms. The Labute approximate surface area is 100 Å². The first kappa shape index (κ1) is 12.8. The fraction of sp³-hybridized carbons (Fsp3) is 0.333. The molecule has 0 radical (unpaired) electrons. The Bertz CT molecular complexity index is 409. The van der Waals surface area contributed by atoms with E-state index in [9.17, 15) is 4.79 Å². The van der Waals surface area contributed by atoms with Crippen molar-refractivity contribution in [2.24, 2.45) is 0 Å². The SMILES string of the molecule is CCCCN(NC(=O)O)c1ccc(C#N)cc1. The predicted molar refractivity (Wildman–Crippen MR) is 64.6 cm³/mol. The highest BCUT2D eigenvalue weighted by Gasteiger charge is 2.08. The van der Waals surface area contributed by atoms with Crippen molar-refractivity contribution in [1.29, 1.82) is 5.26 Å². The highest BCUT2D eigenvalue weighted by Crippen LogP contribution is 2.13. The Balaban J connectivity index is 2.80. The van der Waals surface area contributed by atoms with Crippen molar-refractivity contribution >= 4 is 11.8 Å². The minimum Gasteiger partial charge on any atom is -0.464 e. The second kappa shape index (κ2) is 6.38. The molecule has 0 spiro atoms. The highest BCUT2D eigenvalue weighted by molar-refractivity contribution is 5.68. The number of nitrogens with zero attached hydrogens (tertiary/aromatic N) is 2. The van der Waals surface area contributed by atoms with Crippen LogP contribution in [-0.2, 0) is 0 Å². The molecule has 1 aromatic carbocycles. The van der Waals surface area contributed by atoms with Crippen LogP contribution in [0, 0.1) is 11.3 Å². The molecule has 1 aromatic rings. The first-order valence-corrected chi connectivity index (χ1v) is 5.44. The lowest BCUT2D eigenvalue weighted by Crippen LogP contribution is -2.42. The minimum absolute atomic E-state index is 0.555. The Morgan fingerprint density at radius 3 is 2.59 bits per heavy atom. The summed E-state index contributed by atoms with van der Waals surface area (Å²) in [6, 6.07) is 8.80. The van der Waals surface area contributed by atoms with Crippen molar-refractivity contribution in [1.82, 2.24) is 5.43 Å². The van der Waals surface area contributed by atoms with Crippen LogP contribution in [0.2, 0.25) is 0 Å². The standard InChI is InChI=1S/C12H15N3O2/c1-2-3-8-15(14-12(16)17)11-6-4-10(9-13)5-7-11/h4-7,14H,2-3,8H2,1H3,(H,16,17). The van der Waals surface area contributed by atoms with E-state index < -0.39 is 6.09 Å². The number of hydrogen-bond acceptors (Lipinski definition) is 3. The van der Waals surface area contributed by atoms with Gasteiger partial charge in [0.15, 0.2) is 0 Å². The van der Waals surface area contributed by atoms with Gasteiger partial charge < -0.3 is 5.11 Å². The molecule has 1 amide bonds. The molecule has 5 nitrogen and oxygen atoms in total. The molecule has 0 aliphatic rings. The normalized spacial score (nSPS) is 9.41. The molecular formula is C12H15N3O2. The molecular weight excluding hydrogens is 218 g/mol. The zero-order valence-electron chi connectivity index (χ0n) is 9.68. The van der Waals surface area contributed by atoms with Crippen LogP contribution < -0.4 is 10.4 Å². The number of nitriles is 1. The Morgan fingerprint density at radius 2 is 2.12 bits per heavy atom. The van der Waals surface area contributed by atoms with Gasteiger partial charge in [0.2, 0.25) is 0 Å². The van der Waals surface area contributed by atoms with Gasteiger partial charge in [-0.05, 0) is 30.7 Å². The second-order valence-corrected chi connectivity index (χ2v) is 3.58. The van der Waals surface area contributed by atoms with E-state index in [1.165, 1.54) is 0 Å². The molecule has 0 saturated carbocycles. The van der Waals surface area contributed by atoms with Crippen molar-refractivity contribution in [3.05, 3.63) is 29.8 Å². The van der Waals surface area contributed by atoms with E-state index in [0.717, 1.165) is 18.5 Å². The second-order valence-electron chi connectivity index (χ2n) is 3.58. The fourth-order valence-electron chi connectivity index (χ4n) is 1.40. The van der Waals surface area contributed by atoms with E-state index in [0.29, 0.717) is 12.1 Å². The van der Waals surface area contributed by atoms with E-state index in [2.05, 4.69) is 5.43 Å². The summed E-state index contributed by atoms with van der Waals surface area (Å²) in [5, 5.41) is 19.0. The molecule has 17 heavy (non-hydrogen) atoms.